The monoisotopic (exact) mass is 346 g/mol. The number of ether oxygens (including phenoxy) is 1. The molecule has 0 aromatic carbocycles. The van der Waals surface area contributed by atoms with Gasteiger partial charge in [0.2, 0.25) is 5.91 Å². The molecule has 4 aliphatic rings. The predicted molar refractivity (Wildman–Crippen MR) is 99.3 cm³/mol. The molecule has 1 saturated carbocycles. The van der Waals surface area contributed by atoms with Gasteiger partial charge in [0.05, 0.1) is 6.61 Å². The van der Waals surface area contributed by atoms with Crippen molar-refractivity contribution in [2.24, 2.45) is 17.3 Å². The summed E-state index contributed by atoms with van der Waals surface area (Å²) in [5.74, 6) is 1.78. The lowest BCUT2D eigenvalue weighted by atomic mass is 9.77. The Labute approximate surface area is 152 Å². The van der Waals surface area contributed by atoms with Gasteiger partial charge in [-0.2, -0.15) is 0 Å². The zero-order valence-electron chi connectivity index (χ0n) is 15.8. The lowest BCUT2D eigenvalue weighted by Crippen LogP contribution is -2.38. The molecule has 1 spiro atoms. The molecule has 1 amide bonds. The highest BCUT2D eigenvalue weighted by atomic mass is 16.5. The zero-order chi connectivity index (χ0) is 17.3. The summed E-state index contributed by atoms with van der Waals surface area (Å²) < 4.78 is 6.05. The molecule has 0 aromatic rings. The van der Waals surface area contributed by atoms with Crippen LogP contribution in [0.4, 0.5) is 0 Å². The lowest BCUT2D eigenvalue weighted by molar-refractivity contribution is -0.130. The van der Waals surface area contributed by atoms with Crippen LogP contribution in [-0.4, -0.2) is 62.1 Å². The Morgan fingerprint density at radius 3 is 2.92 bits per heavy atom. The molecule has 0 aromatic heterocycles. The van der Waals surface area contributed by atoms with Crippen molar-refractivity contribution in [1.29, 1.82) is 0 Å². The van der Waals surface area contributed by atoms with E-state index in [2.05, 4.69) is 22.9 Å². The Morgan fingerprint density at radius 1 is 1.28 bits per heavy atom. The Hall–Kier alpha value is -0.870. The smallest absolute Gasteiger partial charge is 0.226 e. The van der Waals surface area contributed by atoms with Gasteiger partial charge < -0.3 is 14.5 Å². The van der Waals surface area contributed by atoms with Crippen LogP contribution in [0.15, 0.2) is 11.6 Å². The van der Waals surface area contributed by atoms with Crippen molar-refractivity contribution in [3.8, 4) is 0 Å². The summed E-state index contributed by atoms with van der Waals surface area (Å²) in [5, 5.41) is 0. The van der Waals surface area contributed by atoms with Gasteiger partial charge in [-0.05, 0) is 57.9 Å². The number of nitrogens with zero attached hydrogens (tertiary/aromatic N) is 2. The molecule has 2 atom stereocenters. The molecule has 2 aliphatic heterocycles. The zero-order valence-corrected chi connectivity index (χ0v) is 15.8. The molecule has 4 rings (SSSR count). The molecule has 2 heterocycles. The average molecular weight is 347 g/mol. The average Bonchev–Trinajstić information content (AvgIpc) is 3.24. The van der Waals surface area contributed by atoms with Crippen molar-refractivity contribution in [3.05, 3.63) is 11.6 Å². The number of hydrogen-bond acceptors (Lipinski definition) is 3. The van der Waals surface area contributed by atoms with E-state index in [4.69, 9.17) is 4.74 Å². The van der Waals surface area contributed by atoms with Crippen molar-refractivity contribution in [3.63, 3.8) is 0 Å². The number of amides is 1. The molecule has 2 aliphatic carbocycles. The molecule has 0 unspecified atom stereocenters. The molecule has 4 heteroatoms. The van der Waals surface area contributed by atoms with Crippen LogP contribution in [0.5, 0.6) is 0 Å². The highest BCUT2D eigenvalue weighted by Crippen LogP contribution is 2.44. The summed E-state index contributed by atoms with van der Waals surface area (Å²) in [4.78, 5) is 17.4. The van der Waals surface area contributed by atoms with Crippen molar-refractivity contribution >= 4 is 5.91 Å². The number of hydrogen-bond donors (Lipinski definition) is 0. The largest absolute Gasteiger partial charge is 0.381 e. The van der Waals surface area contributed by atoms with Gasteiger partial charge in [0.25, 0.3) is 0 Å². The van der Waals surface area contributed by atoms with E-state index in [9.17, 15) is 4.79 Å². The second kappa shape index (κ2) is 7.40. The topological polar surface area (TPSA) is 32.8 Å². The van der Waals surface area contributed by atoms with E-state index in [1.807, 2.05) is 0 Å². The third-order valence-corrected chi connectivity index (χ3v) is 6.85. The highest BCUT2D eigenvalue weighted by molar-refractivity contribution is 5.79. The van der Waals surface area contributed by atoms with Crippen LogP contribution in [0, 0.1) is 17.3 Å². The number of rotatable bonds is 6. The number of carbonyl (C=O) groups excluding carboxylic acids is 1. The van der Waals surface area contributed by atoms with Crippen LogP contribution in [0.3, 0.4) is 0 Å². The summed E-state index contributed by atoms with van der Waals surface area (Å²) in [6.45, 7) is 5.97. The summed E-state index contributed by atoms with van der Waals surface area (Å²) in [6.07, 6.45) is 11.7. The maximum atomic E-state index is 12.8. The quantitative estimate of drug-likeness (QED) is 0.693. The molecule has 25 heavy (non-hydrogen) atoms. The standard InChI is InChI=1S/C21H34N2O2/c1-22-12-19(14-25-13-18-7-8-18)21(15-22)9-10-23(16-21)20(24)11-17-5-3-2-4-6-17/h5,18-19H,2-4,6-16H2,1H3/t19-,21+/m0/s1. The SMILES string of the molecule is CN1C[C@@H](COCC2CC2)[C@]2(CCN(C(=O)CC3=CCCCC3)C2)C1. The fourth-order valence-corrected chi connectivity index (χ4v) is 5.13. The fourth-order valence-electron chi connectivity index (χ4n) is 5.13. The number of carbonyl (C=O) groups is 1. The Kier molecular flexibility index (Phi) is 5.19. The summed E-state index contributed by atoms with van der Waals surface area (Å²) in [6, 6.07) is 0. The highest BCUT2D eigenvalue weighted by Gasteiger charge is 2.50. The van der Waals surface area contributed by atoms with Gasteiger partial charge in [-0.3, -0.25) is 4.79 Å². The second-order valence-electron chi connectivity index (χ2n) is 9.09. The van der Waals surface area contributed by atoms with E-state index >= 15 is 0 Å². The Morgan fingerprint density at radius 2 is 2.16 bits per heavy atom. The molecule has 2 saturated heterocycles. The summed E-state index contributed by atoms with van der Waals surface area (Å²) in [7, 11) is 2.22. The van der Waals surface area contributed by atoms with Gasteiger partial charge in [0, 0.05) is 50.5 Å². The van der Waals surface area contributed by atoms with Crippen LogP contribution in [0.1, 0.15) is 51.4 Å². The van der Waals surface area contributed by atoms with Crippen LogP contribution >= 0.6 is 0 Å². The first-order valence-electron chi connectivity index (χ1n) is 10.4. The van der Waals surface area contributed by atoms with Crippen LogP contribution < -0.4 is 0 Å². The van der Waals surface area contributed by atoms with Gasteiger partial charge >= 0.3 is 0 Å². The number of allylic oxidation sites excluding steroid dienone is 1. The van der Waals surface area contributed by atoms with Gasteiger partial charge in [0.1, 0.15) is 0 Å². The molecular weight excluding hydrogens is 312 g/mol. The third kappa shape index (κ3) is 4.11. The van der Waals surface area contributed by atoms with Crippen molar-refractivity contribution < 1.29 is 9.53 Å². The van der Waals surface area contributed by atoms with Crippen LogP contribution in [0.2, 0.25) is 0 Å². The predicted octanol–water partition coefficient (Wildman–Crippen LogP) is 3.08. The normalized spacial score (nSPS) is 33.2. The van der Waals surface area contributed by atoms with E-state index in [0.29, 0.717) is 18.2 Å². The molecule has 140 valence electrons. The lowest BCUT2D eigenvalue weighted by Gasteiger charge is -2.30. The van der Waals surface area contributed by atoms with Crippen LogP contribution in [0.25, 0.3) is 0 Å². The Balaban J connectivity index is 1.33. The van der Waals surface area contributed by atoms with E-state index in [-0.39, 0.29) is 5.41 Å². The van der Waals surface area contributed by atoms with Gasteiger partial charge in [-0.1, -0.05) is 11.6 Å². The molecule has 0 radical (unpaired) electrons. The Bertz CT molecular complexity index is 528. The summed E-state index contributed by atoms with van der Waals surface area (Å²) in [5.41, 5.74) is 1.65. The second-order valence-corrected chi connectivity index (χ2v) is 9.09. The maximum absolute atomic E-state index is 12.8. The molecular formula is C21H34N2O2. The minimum atomic E-state index is 0.273. The number of likely N-dealkylation sites (tertiary alicyclic amines) is 2. The fraction of sp³-hybridized carbons (Fsp3) is 0.857. The minimum absolute atomic E-state index is 0.273. The van der Waals surface area contributed by atoms with Crippen molar-refractivity contribution in [2.75, 3.05) is 46.4 Å². The van der Waals surface area contributed by atoms with Gasteiger partial charge in [0.15, 0.2) is 0 Å². The van der Waals surface area contributed by atoms with E-state index in [0.717, 1.165) is 64.6 Å². The third-order valence-electron chi connectivity index (χ3n) is 6.85. The molecule has 3 fully saturated rings. The maximum Gasteiger partial charge on any atom is 0.226 e. The first-order chi connectivity index (χ1) is 12.1. The van der Waals surface area contributed by atoms with E-state index in [1.165, 1.54) is 31.3 Å². The molecule has 0 N–H and O–H groups in total. The van der Waals surface area contributed by atoms with Crippen molar-refractivity contribution in [2.45, 2.75) is 51.4 Å². The summed E-state index contributed by atoms with van der Waals surface area (Å²) >= 11 is 0. The molecule has 4 nitrogen and oxygen atoms in total. The first kappa shape index (κ1) is 17.5. The first-order valence-corrected chi connectivity index (χ1v) is 10.4. The van der Waals surface area contributed by atoms with Crippen molar-refractivity contribution in [1.82, 2.24) is 9.80 Å². The van der Waals surface area contributed by atoms with Crippen LogP contribution in [-0.2, 0) is 9.53 Å². The van der Waals surface area contributed by atoms with E-state index < -0.39 is 0 Å². The van der Waals surface area contributed by atoms with Gasteiger partial charge in [-0.25, -0.2) is 0 Å². The minimum Gasteiger partial charge on any atom is -0.381 e. The molecule has 0 bridgehead atoms. The van der Waals surface area contributed by atoms with Gasteiger partial charge in [-0.15, -0.1) is 0 Å². The van der Waals surface area contributed by atoms with E-state index in [1.54, 1.807) is 0 Å².